The van der Waals surface area contributed by atoms with Crippen LogP contribution in [0.5, 0.6) is 11.5 Å². The van der Waals surface area contributed by atoms with Gasteiger partial charge in [0.05, 0.1) is 5.41 Å². The van der Waals surface area contributed by atoms with Crippen LogP contribution in [0.3, 0.4) is 0 Å². The van der Waals surface area contributed by atoms with Gasteiger partial charge in [0.1, 0.15) is 11.5 Å². The second-order valence-corrected chi connectivity index (χ2v) is 12.9. The summed E-state index contributed by atoms with van der Waals surface area (Å²) in [5, 5.41) is 2.38. The molecule has 0 N–H and O–H groups in total. The molecule has 1 spiro atoms. The molecule has 1 atom stereocenters. The molecule has 10 rings (SSSR count). The van der Waals surface area contributed by atoms with E-state index in [0.717, 1.165) is 28.6 Å². The molecule has 49 heavy (non-hydrogen) atoms. The zero-order valence-corrected chi connectivity index (χ0v) is 26.8. The van der Waals surface area contributed by atoms with Gasteiger partial charge in [-0.1, -0.05) is 133 Å². The molecule has 8 aromatic carbocycles. The van der Waals surface area contributed by atoms with Crippen LogP contribution in [0.15, 0.2) is 188 Å². The molecule has 1 aliphatic carbocycles. The lowest BCUT2D eigenvalue weighted by Crippen LogP contribution is -2.32. The van der Waals surface area contributed by atoms with E-state index < -0.39 is 5.41 Å². The van der Waals surface area contributed by atoms with Crippen LogP contribution in [-0.4, -0.2) is 0 Å². The molecular formula is C47H31NO. The van der Waals surface area contributed by atoms with E-state index in [2.05, 4.69) is 193 Å². The molecular weight excluding hydrogens is 595 g/mol. The molecule has 2 aliphatic rings. The lowest BCUT2D eigenvalue weighted by Gasteiger charge is -2.40. The molecule has 0 saturated carbocycles. The van der Waals surface area contributed by atoms with Gasteiger partial charge in [0.15, 0.2) is 0 Å². The summed E-state index contributed by atoms with van der Waals surface area (Å²) < 4.78 is 6.77. The zero-order valence-electron chi connectivity index (χ0n) is 26.8. The summed E-state index contributed by atoms with van der Waals surface area (Å²) in [4.78, 5) is 2.31. The quantitative estimate of drug-likeness (QED) is 0.193. The van der Waals surface area contributed by atoms with Gasteiger partial charge in [-0.3, -0.25) is 0 Å². The summed E-state index contributed by atoms with van der Waals surface area (Å²) in [6.07, 6.45) is 0. The predicted molar refractivity (Wildman–Crippen MR) is 201 cm³/mol. The third kappa shape index (κ3) is 4.07. The number of hydrogen-bond donors (Lipinski definition) is 0. The Morgan fingerprint density at radius 3 is 1.65 bits per heavy atom. The Labute approximate surface area is 286 Å². The highest BCUT2D eigenvalue weighted by molar-refractivity contribution is 5.96. The first-order valence-corrected chi connectivity index (χ1v) is 16.9. The monoisotopic (exact) mass is 625 g/mol. The molecule has 0 bridgehead atoms. The van der Waals surface area contributed by atoms with E-state index in [1.54, 1.807) is 0 Å². The number of anilines is 3. The molecule has 8 aromatic rings. The molecule has 2 heteroatoms. The van der Waals surface area contributed by atoms with Crippen molar-refractivity contribution in [2.75, 3.05) is 4.90 Å². The number of para-hydroxylation sites is 3. The smallest absolute Gasteiger partial charge is 0.132 e. The zero-order chi connectivity index (χ0) is 32.4. The van der Waals surface area contributed by atoms with Crippen LogP contribution in [0.25, 0.3) is 33.0 Å². The van der Waals surface area contributed by atoms with Gasteiger partial charge in [-0.2, -0.15) is 0 Å². The van der Waals surface area contributed by atoms with Crippen molar-refractivity contribution < 1.29 is 4.74 Å². The summed E-state index contributed by atoms with van der Waals surface area (Å²) in [6.45, 7) is 0. The van der Waals surface area contributed by atoms with E-state index in [0.29, 0.717) is 0 Å². The first-order valence-electron chi connectivity index (χ1n) is 16.9. The van der Waals surface area contributed by atoms with Crippen LogP contribution in [0, 0.1) is 0 Å². The Kier molecular flexibility index (Phi) is 6.13. The van der Waals surface area contributed by atoms with Gasteiger partial charge >= 0.3 is 0 Å². The summed E-state index contributed by atoms with van der Waals surface area (Å²) in [6, 6.07) is 67.8. The van der Waals surface area contributed by atoms with Gasteiger partial charge in [0.25, 0.3) is 0 Å². The van der Waals surface area contributed by atoms with Crippen LogP contribution < -0.4 is 9.64 Å². The minimum absolute atomic E-state index is 0.560. The highest BCUT2D eigenvalue weighted by atomic mass is 16.5. The van der Waals surface area contributed by atoms with E-state index in [1.807, 2.05) is 0 Å². The van der Waals surface area contributed by atoms with Crippen molar-refractivity contribution in [1.82, 2.24) is 0 Å². The topological polar surface area (TPSA) is 12.5 Å². The number of rotatable bonds is 4. The number of hydrogen-bond acceptors (Lipinski definition) is 2. The van der Waals surface area contributed by atoms with Crippen molar-refractivity contribution in [3.8, 4) is 33.8 Å². The summed E-state index contributed by atoms with van der Waals surface area (Å²) >= 11 is 0. The van der Waals surface area contributed by atoms with Crippen molar-refractivity contribution in [2.45, 2.75) is 5.41 Å². The van der Waals surface area contributed by atoms with E-state index >= 15 is 0 Å². The summed E-state index contributed by atoms with van der Waals surface area (Å²) in [5.74, 6) is 1.81. The van der Waals surface area contributed by atoms with Crippen molar-refractivity contribution in [3.05, 3.63) is 210 Å². The lowest BCUT2D eigenvalue weighted by atomic mass is 9.64. The van der Waals surface area contributed by atoms with Crippen LogP contribution >= 0.6 is 0 Å². The Morgan fingerprint density at radius 2 is 0.918 bits per heavy atom. The highest BCUT2D eigenvalue weighted by Crippen LogP contribution is 2.64. The summed E-state index contributed by atoms with van der Waals surface area (Å²) in [7, 11) is 0. The predicted octanol–water partition coefficient (Wildman–Crippen LogP) is 12.4. The number of benzene rings is 8. The van der Waals surface area contributed by atoms with Crippen LogP contribution in [-0.2, 0) is 5.41 Å². The van der Waals surface area contributed by atoms with Crippen molar-refractivity contribution >= 4 is 27.8 Å². The van der Waals surface area contributed by atoms with E-state index in [1.165, 1.54) is 55.3 Å². The van der Waals surface area contributed by atoms with Gasteiger partial charge < -0.3 is 9.64 Å². The van der Waals surface area contributed by atoms with Crippen molar-refractivity contribution in [3.63, 3.8) is 0 Å². The molecule has 0 amide bonds. The third-order valence-corrected chi connectivity index (χ3v) is 10.3. The number of fused-ring (bicyclic) bond motifs is 10. The van der Waals surface area contributed by atoms with E-state index in [4.69, 9.17) is 4.74 Å². The molecule has 1 heterocycles. The first-order chi connectivity index (χ1) is 24.3. The molecule has 2 nitrogen and oxygen atoms in total. The molecule has 0 aromatic heterocycles. The standard InChI is InChI=1S/C47H31NO/c1-3-16-35(17-4-1)48(36-18-5-2-6-19-36)37-28-26-32(27-29-37)38-21-13-22-40-39-20-9-10-23-41(39)47(46(38)40)42-24-11-12-25-44(42)49-45-31-34-15-8-7-14-33(34)30-43(45)47/h1-31H. The molecule has 230 valence electrons. The normalized spacial score (nSPS) is 15.2. The summed E-state index contributed by atoms with van der Waals surface area (Å²) in [5.41, 5.74) is 12.7. The maximum atomic E-state index is 6.77. The highest BCUT2D eigenvalue weighted by Gasteiger charge is 2.52. The molecule has 1 unspecified atom stereocenters. The van der Waals surface area contributed by atoms with E-state index in [9.17, 15) is 0 Å². The minimum atomic E-state index is -0.560. The number of nitrogens with zero attached hydrogens (tertiary/aromatic N) is 1. The van der Waals surface area contributed by atoms with Crippen LogP contribution in [0.4, 0.5) is 17.1 Å². The first kappa shape index (κ1) is 27.7. The second kappa shape index (κ2) is 10.8. The fraction of sp³-hybridized carbons (Fsp3) is 0.0213. The van der Waals surface area contributed by atoms with Crippen LogP contribution in [0.2, 0.25) is 0 Å². The maximum absolute atomic E-state index is 6.77. The van der Waals surface area contributed by atoms with Gasteiger partial charge in [-0.15, -0.1) is 0 Å². The Morgan fingerprint density at radius 1 is 0.367 bits per heavy atom. The number of ether oxygens (including phenoxy) is 1. The maximum Gasteiger partial charge on any atom is 0.132 e. The third-order valence-electron chi connectivity index (χ3n) is 10.3. The Balaban J connectivity index is 1.23. The largest absolute Gasteiger partial charge is 0.457 e. The average molecular weight is 626 g/mol. The van der Waals surface area contributed by atoms with Gasteiger partial charge in [0, 0.05) is 28.2 Å². The Bertz CT molecular complexity index is 2480. The van der Waals surface area contributed by atoms with E-state index in [-0.39, 0.29) is 0 Å². The molecule has 0 saturated heterocycles. The average Bonchev–Trinajstić information content (AvgIpc) is 3.47. The molecule has 1 aliphatic heterocycles. The second-order valence-electron chi connectivity index (χ2n) is 12.9. The van der Waals surface area contributed by atoms with Gasteiger partial charge in [-0.25, -0.2) is 0 Å². The minimum Gasteiger partial charge on any atom is -0.457 e. The van der Waals surface area contributed by atoms with Gasteiger partial charge in [0.2, 0.25) is 0 Å². The fourth-order valence-corrected chi connectivity index (χ4v) is 8.28. The van der Waals surface area contributed by atoms with Crippen LogP contribution in [0.1, 0.15) is 22.3 Å². The molecule has 0 fully saturated rings. The van der Waals surface area contributed by atoms with Crippen molar-refractivity contribution in [1.29, 1.82) is 0 Å². The lowest BCUT2D eigenvalue weighted by molar-refractivity contribution is 0.437. The van der Waals surface area contributed by atoms with Gasteiger partial charge in [-0.05, 0) is 98.8 Å². The Hall–Kier alpha value is -6.38. The van der Waals surface area contributed by atoms with Crippen molar-refractivity contribution in [2.24, 2.45) is 0 Å². The molecule has 0 radical (unpaired) electrons. The fourth-order valence-electron chi connectivity index (χ4n) is 8.28. The SMILES string of the molecule is c1ccc(N(c2ccccc2)c2ccc(-c3cccc4c3C3(c5ccccc5Oc5cc6ccccc6cc53)c3ccccc3-4)cc2)cc1.